The number of benzene rings is 1. The van der Waals surface area contributed by atoms with E-state index in [1.54, 1.807) is 23.1 Å². The van der Waals surface area contributed by atoms with Gasteiger partial charge in [0.2, 0.25) is 5.91 Å². The Morgan fingerprint density at radius 1 is 1.44 bits per heavy atom. The van der Waals surface area contributed by atoms with Gasteiger partial charge in [0.15, 0.2) is 4.34 Å². The number of amides is 1. The third kappa shape index (κ3) is 3.71. The van der Waals surface area contributed by atoms with E-state index >= 15 is 0 Å². The second kappa shape index (κ2) is 6.20. The van der Waals surface area contributed by atoms with E-state index in [4.69, 9.17) is 0 Å². The minimum absolute atomic E-state index is 0.110. The summed E-state index contributed by atoms with van der Waals surface area (Å²) in [7, 11) is 0. The first-order valence-electron chi connectivity index (χ1n) is 5.93. The van der Waals surface area contributed by atoms with E-state index in [-0.39, 0.29) is 11.9 Å². The summed E-state index contributed by atoms with van der Waals surface area (Å²) in [4.78, 5) is 16.0. The van der Waals surface area contributed by atoms with E-state index in [1.165, 1.54) is 4.70 Å². The summed E-state index contributed by atoms with van der Waals surface area (Å²) in [5.41, 5.74) is 1.04. The van der Waals surface area contributed by atoms with Gasteiger partial charge in [0.25, 0.3) is 0 Å². The predicted molar refractivity (Wildman–Crippen MR) is 78.2 cm³/mol. The zero-order valence-electron chi connectivity index (χ0n) is 10.5. The van der Waals surface area contributed by atoms with Crippen LogP contribution in [0.3, 0.4) is 0 Å². The van der Waals surface area contributed by atoms with Gasteiger partial charge in [0.1, 0.15) is 0 Å². The van der Waals surface area contributed by atoms with Gasteiger partial charge < -0.3 is 5.32 Å². The molecule has 0 fully saturated rings. The lowest BCUT2D eigenvalue weighted by atomic mass is 10.3. The average molecular weight is 280 g/mol. The van der Waals surface area contributed by atoms with Gasteiger partial charge >= 0.3 is 0 Å². The number of thioether (sulfide) groups is 1. The van der Waals surface area contributed by atoms with Crippen molar-refractivity contribution >= 4 is 39.2 Å². The van der Waals surface area contributed by atoms with Crippen molar-refractivity contribution in [3.63, 3.8) is 0 Å². The van der Waals surface area contributed by atoms with E-state index in [0.717, 1.165) is 15.6 Å². The standard InChI is InChI=1S/C13H16N2OS2/c1-9(2)14-12(16)7-8-17-13-15-10-5-3-4-6-11(10)18-13/h3-6,9H,7-8H2,1-2H3,(H,14,16). The fourth-order valence-electron chi connectivity index (χ4n) is 1.54. The molecule has 2 rings (SSSR count). The molecule has 0 unspecified atom stereocenters. The van der Waals surface area contributed by atoms with Crippen molar-refractivity contribution in [3.05, 3.63) is 24.3 Å². The quantitative estimate of drug-likeness (QED) is 0.854. The maximum atomic E-state index is 11.5. The molecule has 1 N–H and O–H groups in total. The van der Waals surface area contributed by atoms with Crippen molar-refractivity contribution < 1.29 is 4.79 Å². The summed E-state index contributed by atoms with van der Waals surface area (Å²) in [5.74, 6) is 0.886. The van der Waals surface area contributed by atoms with Gasteiger partial charge in [-0.15, -0.1) is 11.3 Å². The Bertz CT molecular complexity index is 504. The molecule has 0 radical (unpaired) electrons. The molecule has 0 aliphatic heterocycles. The summed E-state index contributed by atoms with van der Waals surface area (Å²) < 4.78 is 2.24. The molecule has 0 aliphatic rings. The Kier molecular flexibility index (Phi) is 4.60. The van der Waals surface area contributed by atoms with E-state index in [9.17, 15) is 4.79 Å². The fourth-order valence-corrected chi connectivity index (χ4v) is 3.61. The number of hydrogen-bond acceptors (Lipinski definition) is 4. The number of para-hydroxylation sites is 1. The van der Waals surface area contributed by atoms with Gasteiger partial charge in [-0.3, -0.25) is 4.79 Å². The normalized spacial score (nSPS) is 11.1. The van der Waals surface area contributed by atoms with Crippen molar-refractivity contribution in [2.75, 3.05) is 5.75 Å². The maximum absolute atomic E-state index is 11.5. The molecule has 1 aromatic heterocycles. The van der Waals surface area contributed by atoms with E-state index in [1.807, 2.05) is 32.0 Å². The van der Waals surface area contributed by atoms with Crippen LogP contribution in [0.25, 0.3) is 10.2 Å². The molecule has 0 saturated heterocycles. The van der Waals surface area contributed by atoms with Crippen LogP contribution < -0.4 is 5.32 Å². The zero-order chi connectivity index (χ0) is 13.0. The Labute approximate surface area is 115 Å². The number of fused-ring (bicyclic) bond motifs is 1. The van der Waals surface area contributed by atoms with Crippen molar-refractivity contribution in [2.45, 2.75) is 30.6 Å². The molecule has 2 aromatic rings. The first kappa shape index (κ1) is 13.4. The van der Waals surface area contributed by atoms with Crippen molar-refractivity contribution in [3.8, 4) is 0 Å². The second-order valence-corrected chi connectivity index (χ2v) is 6.64. The van der Waals surface area contributed by atoms with Gasteiger partial charge in [-0.25, -0.2) is 4.98 Å². The van der Waals surface area contributed by atoms with Crippen molar-refractivity contribution in [1.29, 1.82) is 0 Å². The largest absolute Gasteiger partial charge is 0.354 e. The molecule has 1 heterocycles. The summed E-state index contributed by atoms with van der Waals surface area (Å²) in [6.07, 6.45) is 0.540. The Hall–Kier alpha value is -1.07. The summed E-state index contributed by atoms with van der Waals surface area (Å²) in [5, 5.41) is 2.89. The average Bonchev–Trinajstić information content (AvgIpc) is 2.70. The minimum Gasteiger partial charge on any atom is -0.354 e. The minimum atomic E-state index is 0.110. The van der Waals surface area contributed by atoms with E-state index < -0.39 is 0 Å². The summed E-state index contributed by atoms with van der Waals surface area (Å²) in [6.45, 7) is 3.94. The van der Waals surface area contributed by atoms with Crippen LogP contribution in [-0.2, 0) is 4.79 Å². The van der Waals surface area contributed by atoms with Gasteiger partial charge in [-0.05, 0) is 26.0 Å². The van der Waals surface area contributed by atoms with Gasteiger partial charge in [-0.2, -0.15) is 0 Å². The second-order valence-electron chi connectivity index (χ2n) is 4.27. The molecule has 0 aliphatic carbocycles. The van der Waals surface area contributed by atoms with Crippen LogP contribution in [0, 0.1) is 0 Å². The topological polar surface area (TPSA) is 42.0 Å². The highest BCUT2D eigenvalue weighted by Gasteiger charge is 2.06. The molecule has 1 amide bonds. The Morgan fingerprint density at radius 3 is 2.94 bits per heavy atom. The zero-order valence-corrected chi connectivity index (χ0v) is 12.1. The molecule has 0 spiro atoms. The maximum Gasteiger partial charge on any atom is 0.221 e. The Morgan fingerprint density at radius 2 is 2.22 bits per heavy atom. The highest BCUT2D eigenvalue weighted by Crippen LogP contribution is 2.29. The number of rotatable bonds is 5. The van der Waals surface area contributed by atoms with Crippen LogP contribution in [-0.4, -0.2) is 22.7 Å². The van der Waals surface area contributed by atoms with Gasteiger partial charge in [0.05, 0.1) is 10.2 Å². The van der Waals surface area contributed by atoms with Gasteiger partial charge in [0, 0.05) is 18.2 Å². The molecular weight excluding hydrogens is 264 g/mol. The fraction of sp³-hybridized carbons (Fsp3) is 0.385. The van der Waals surface area contributed by atoms with Crippen molar-refractivity contribution in [2.24, 2.45) is 0 Å². The molecule has 96 valence electrons. The highest BCUT2D eigenvalue weighted by molar-refractivity contribution is 8.01. The lowest BCUT2D eigenvalue weighted by Gasteiger charge is -2.06. The molecule has 0 bridgehead atoms. The number of thiazole rings is 1. The van der Waals surface area contributed by atoms with Gasteiger partial charge in [-0.1, -0.05) is 23.9 Å². The highest BCUT2D eigenvalue weighted by atomic mass is 32.2. The third-order valence-corrected chi connectivity index (χ3v) is 4.46. The number of carbonyl (C=O) groups excluding carboxylic acids is 1. The molecule has 18 heavy (non-hydrogen) atoms. The lowest BCUT2D eigenvalue weighted by Crippen LogP contribution is -2.30. The number of nitrogens with zero attached hydrogens (tertiary/aromatic N) is 1. The Balaban J connectivity index is 1.85. The lowest BCUT2D eigenvalue weighted by molar-refractivity contribution is -0.121. The summed E-state index contributed by atoms with van der Waals surface area (Å²) >= 11 is 3.33. The summed E-state index contributed by atoms with van der Waals surface area (Å²) in [6, 6.07) is 8.31. The van der Waals surface area contributed by atoms with Crippen LogP contribution in [0.15, 0.2) is 28.6 Å². The first-order valence-corrected chi connectivity index (χ1v) is 7.73. The van der Waals surface area contributed by atoms with Crippen LogP contribution >= 0.6 is 23.1 Å². The first-order chi connectivity index (χ1) is 8.65. The number of hydrogen-bond donors (Lipinski definition) is 1. The monoisotopic (exact) mass is 280 g/mol. The van der Waals surface area contributed by atoms with Crippen molar-refractivity contribution in [1.82, 2.24) is 10.3 Å². The smallest absolute Gasteiger partial charge is 0.221 e. The van der Waals surface area contributed by atoms with E-state index in [0.29, 0.717) is 6.42 Å². The van der Waals surface area contributed by atoms with Crippen LogP contribution in [0.1, 0.15) is 20.3 Å². The van der Waals surface area contributed by atoms with Crippen LogP contribution in [0.2, 0.25) is 0 Å². The molecule has 3 nitrogen and oxygen atoms in total. The molecule has 0 atom stereocenters. The molecular formula is C13H16N2OS2. The molecule has 5 heteroatoms. The van der Waals surface area contributed by atoms with E-state index in [2.05, 4.69) is 16.4 Å². The van der Waals surface area contributed by atoms with Crippen LogP contribution in [0.4, 0.5) is 0 Å². The van der Waals surface area contributed by atoms with Crippen LogP contribution in [0.5, 0.6) is 0 Å². The molecule has 1 aromatic carbocycles. The number of nitrogens with one attached hydrogen (secondary N) is 1. The number of aromatic nitrogens is 1. The predicted octanol–water partition coefficient (Wildman–Crippen LogP) is 3.30. The molecule has 0 saturated carbocycles. The third-order valence-electron chi connectivity index (χ3n) is 2.28. The SMILES string of the molecule is CC(C)NC(=O)CCSc1nc2ccccc2s1. The number of carbonyl (C=O) groups is 1.